The molecule has 3 fully saturated rings. The van der Waals surface area contributed by atoms with Crippen molar-refractivity contribution in [3.63, 3.8) is 0 Å². The van der Waals surface area contributed by atoms with E-state index in [1.807, 2.05) is 0 Å². The summed E-state index contributed by atoms with van der Waals surface area (Å²) < 4.78 is 0. The zero-order chi connectivity index (χ0) is 7.84. The lowest BCUT2D eigenvalue weighted by atomic mass is 9.87. The number of piperazine rings is 1. The van der Waals surface area contributed by atoms with Gasteiger partial charge in [0.15, 0.2) is 0 Å². The van der Waals surface area contributed by atoms with Gasteiger partial charge in [0.2, 0.25) is 0 Å². The molecule has 64 valence electrons. The van der Waals surface area contributed by atoms with Crippen molar-refractivity contribution >= 4 is 0 Å². The van der Waals surface area contributed by atoms with Gasteiger partial charge >= 0.3 is 0 Å². The van der Waals surface area contributed by atoms with Crippen molar-refractivity contribution in [2.75, 3.05) is 26.7 Å². The molecular formula is C9H18N2. The summed E-state index contributed by atoms with van der Waals surface area (Å²) in [5.41, 5.74) is 0. The van der Waals surface area contributed by atoms with Crippen LogP contribution in [0.1, 0.15) is 19.8 Å². The zero-order valence-corrected chi connectivity index (χ0v) is 7.58. The monoisotopic (exact) mass is 154 g/mol. The van der Waals surface area contributed by atoms with Gasteiger partial charge in [-0.1, -0.05) is 6.92 Å². The predicted octanol–water partition coefficient (Wildman–Crippen LogP) is 0.785. The van der Waals surface area contributed by atoms with E-state index in [1.165, 1.54) is 32.5 Å². The van der Waals surface area contributed by atoms with Crippen molar-refractivity contribution in [3.05, 3.63) is 0 Å². The second-order valence-electron chi connectivity index (χ2n) is 4.00. The highest BCUT2D eigenvalue weighted by Gasteiger charge is 2.42. The lowest BCUT2D eigenvalue weighted by Crippen LogP contribution is -2.67. The SMILES string of the molecule is CCCN1C2CC1CN(C)C2. The lowest BCUT2D eigenvalue weighted by Gasteiger charge is -2.55. The molecule has 3 heterocycles. The minimum atomic E-state index is 0.902. The smallest absolute Gasteiger partial charge is 0.0241 e. The van der Waals surface area contributed by atoms with Crippen LogP contribution in [0.3, 0.4) is 0 Å². The number of hydrogen-bond donors (Lipinski definition) is 0. The number of rotatable bonds is 2. The molecule has 2 bridgehead atoms. The molecule has 11 heavy (non-hydrogen) atoms. The summed E-state index contributed by atoms with van der Waals surface area (Å²) in [6, 6.07) is 1.80. The van der Waals surface area contributed by atoms with Crippen LogP contribution in [0.15, 0.2) is 0 Å². The van der Waals surface area contributed by atoms with Crippen LogP contribution in [0.5, 0.6) is 0 Å². The van der Waals surface area contributed by atoms with E-state index in [0.29, 0.717) is 0 Å². The van der Waals surface area contributed by atoms with E-state index < -0.39 is 0 Å². The Hall–Kier alpha value is -0.0800. The molecule has 3 aliphatic heterocycles. The van der Waals surface area contributed by atoms with E-state index in [2.05, 4.69) is 23.8 Å². The van der Waals surface area contributed by atoms with E-state index in [4.69, 9.17) is 0 Å². The fourth-order valence-corrected chi connectivity index (χ4v) is 2.52. The van der Waals surface area contributed by atoms with Gasteiger partial charge in [-0.2, -0.15) is 0 Å². The predicted molar refractivity (Wildman–Crippen MR) is 46.7 cm³/mol. The Morgan fingerprint density at radius 2 is 1.91 bits per heavy atom. The van der Waals surface area contributed by atoms with Gasteiger partial charge in [0, 0.05) is 25.2 Å². The fourth-order valence-electron chi connectivity index (χ4n) is 2.52. The van der Waals surface area contributed by atoms with E-state index in [1.54, 1.807) is 0 Å². The topological polar surface area (TPSA) is 6.48 Å². The van der Waals surface area contributed by atoms with Crippen LogP contribution in [0, 0.1) is 0 Å². The summed E-state index contributed by atoms with van der Waals surface area (Å²) in [6.07, 6.45) is 2.78. The lowest BCUT2D eigenvalue weighted by molar-refractivity contribution is -0.0602. The highest BCUT2D eigenvalue weighted by molar-refractivity contribution is 4.99. The van der Waals surface area contributed by atoms with Gasteiger partial charge in [-0.15, -0.1) is 0 Å². The molecule has 3 saturated heterocycles. The largest absolute Gasteiger partial charge is 0.303 e. The molecule has 0 aliphatic carbocycles. The summed E-state index contributed by atoms with van der Waals surface area (Å²) >= 11 is 0. The van der Waals surface area contributed by atoms with Crippen molar-refractivity contribution in [2.45, 2.75) is 31.8 Å². The second-order valence-corrected chi connectivity index (χ2v) is 4.00. The van der Waals surface area contributed by atoms with Crippen molar-refractivity contribution in [2.24, 2.45) is 0 Å². The first-order valence-corrected chi connectivity index (χ1v) is 4.75. The van der Waals surface area contributed by atoms with Crippen LogP contribution in [-0.2, 0) is 0 Å². The Morgan fingerprint density at radius 3 is 2.45 bits per heavy atom. The number of likely N-dealkylation sites (N-methyl/N-ethyl adjacent to an activating group) is 1. The molecule has 0 saturated carbocycles. The first-order chi connectivity index (χ1) is 5.31. The van der Waals surface area contributed by atoms with Crippen molar-refractivity contribution in [1.29, 1.82) is 0 Å². The maximum atomic E-state index is 2.68. The third-order valence-corrected chi connectivity index (χ3v) is 3.01. The van der Waals surface area contributed by atoms with E-state index in [-0.39, 0.29) is 0 Å². The van der Waals surface area contributed by atoms with Crippen LogP contribution >= 0.6 is 0 Å². The van der Waals surface area contributed by atoms with Crippen LogP contribution in [0.2, 0.25) is 0 Å². The third kappa shape index (κ3) is 1.18. The Morgan fingerprint density at radius 1 is 1.27 bits per heavy atom. The normalized spacial score (nSPS) is 38.7. The summed E-state index contributed by atoms with van der Waals surface area (Å²) in [7, 11) is 2.24. The molecule has 0 N–H and O–H groups in total. The number of nitrogens with zero attached hydrogens (tertiary/aromatic N) is 2. The minimum Gasteiger partial charge on any atom is -0.303 e. The average Bonchev–Trinajstić information content (AvgIpc) is 2.00. The molecule has 2 atom stereocenters. The van der Waals surface area contributed by atoms with Crippen LogP contribution in [0.25, 0.3) is 0 Å². The maximum Gasteiger partial charge on any atom is 0.0241 e. The van der Waals surface area contributed by atoms with E-state index in [9.17, 15) is 0 Å². The molecule has 2 nitrogen and oxygen atoms in total. The molecular weight excluding hydrogens is 136 g/mol. The van der Waals surface area contributed by atoms with Gasteiger partial charge in [0.05, 0.1) is 0 Å². The van der Waals surface area contributed by atoms with Gasteiger partial charge in [0.1, 0.15) is 0 Å². The zero-order valence-electron chi connectivity index (χ0n) is 7.58. The van der Waals surface area contributed by atoms with E-state index in [0.717, 1.165) is 12.1 Å². The molecule has 0 aromatic carbocycles. The van der Waals surface area contributed by atoms with Crippen LogP contribution in [0.4, 0.5) is 0 Å². The number of piperidine rings is 1. The van der Waals surface area contributed by atoms with Crippen LogP contribution < -0.4 is 0 Å². The Kier molecular flexibility index (Phi) is 1.90. The van der Waals surface area contributed by atoms with Crippen molar-refractivity contribution < 1.29 is 0 Å². The third-order valence-electron chi connectivity index (χ3n) is 3.01. The molecule has 0 spiro atoms. The maximum absolute atomic E-state index is 2.68. The highest BCUT2D eigenvalue weighted by atomic mass is 15.3. The molecule has 3 rings (SSSR count). The molecule has 3 aliphatic rings. The first-order valence-electron chi connectivity index (χ1n) is 4.75. The van der Waals surface area contributed by atoms with Crippen molar-refractivity contribution in [3.8, 4) is 0 Å². The quantitative estimate of drug-likeness (QED) is 0.580. The molecule has 0 aromatic heterocycles. The Labute approximate surface area is 69.2 Å². The summed E-state index contributed by atoms with van der Waals surface area (Å²) in [5, 5.41) is 0. The molecule has 2 unspecified atom stereocenters. The molecule has 0 aromatic rings. The number of fused-ring (bicyclic) bond motifs is 2. The van der Waals surface area contributed by atoms with Gasteiger partial charge in [-0.25, -0.2) is 0 Å². The number of hydrogen-bond acceptors (Lipinski definition) is 2. The molecule has 0 radical (unpaired) electrons. The van der Waals surface area contributed by atoms with Gasteiger partial charge < -0.3 is 4.90 Å². The fraction of sp³-hybridized carbons (Fsp3) is 1.00. The highest BCUT2D eigenvalue weighted by Crippen LogP contribution is 2.31. The van der Waals surface area contributed by atoms with Gasteiger partial charge in [-0.05, 0) is 26.4 Å². The summed E-state index contributed by atoms with van der Waals surface area (Å²) in [4.78, 5) is 5.14. The van der Waals surface area contributed by atoms with E-state index >= 15 is 0 Å². The summed E-state index contributed by atoms with van der Waals surface area (Å²) in [6.45, 7) is 6.20. The second kappa shape index (κ2) is 2.76. The Balaban J connectivity index is 1.88. The molecule has 0 amide bonds. The van der Waals surface area contributed by atoms with Crippen LogP contribution in [-0.4, -0.2) is 48.6 Å². The Bertz CT molecular complexity index is 134. The standard InChI is InChI=1S/C9H18N2/c1-3-4-11-8-5-9(11)7-10(2)6-8/h8-9H,3-7H2,1-2H3. The average molecular weight is 154 g/mol. The summed E-state index contributed by atoms with van der Waals surface area (Å²) in [5.74, 6) is 0. The molecule has 2 heteroatoms. The van der Waals surface area contributed by atoms with Gasteiger partial charge in [0.25, 0.3) is 0 Å². The van der Waals surface area contributed by atoms with Crippen molar-refractivity contribution in [1.82, 2.24) is 9.80 Å². The minimum absolute atomic E-state index is 0.902. The van der Waals surface area contributed by atoms with Gasteiger partial charge in [-0.3, -0.25) is 4.90 Å². The first kappa shape index (κ1) is 7.56.